The van der Waals surface area contributed by atoms with Crippen LogP contribution < -0.4 is 0 Å². The number of aryl methyl sites for hydroxylation is 3. The number of rotatable bonds is 4. The third kappa shape index (κ3) is 6.26. The van der Waals surface area contributed by atoms with Gasteiger partial charge in [0.2, 0.25) is 5.71 Å². The summed E-state index contributed by atoms with van der Waals surface area (Å²) in [7, 11) is 0. The van der Waals surface area contributed by atoms with E-state index in [2.05, 4.69) is 48.1 Å². The van der Waals surface area contributed by atoms with Crippen LogP contribution in [-0.4, -0.2) is 15.0 Å². The first kappa shape index (κ1) is 26.0. The number of pyridine rings is 3. The summed E-state index contributed by atoms with van der Waals surface area (Å²) in [6.45, 7) is 5.07. The Balaban J connectivity index is 0.000000291. The van der Waals surface area contributed by atoms with Gasteiger partial charge in [-0.2, -0.15) is 0 Å². The van der Waals surface area contributed by atoms with E-state index in [1.54, 1.807) is 26.1 Å². The van der Waals surface area contributed by atoms with Crippen molar-refractivity contribution in [3.8, 4) is 33.8 Å². The Morgan fingerprint density at radius 3 is 2.30 bits per heavy atom. The van der Waals surface area contributed by atoms with Gasteiger partial charge in [-0.15, -0.1) is 54.1 Å². The molecular formula is C39H33IrN3O-2. The molecule has 0 atom stereocenters. The summed E-state index contributed by atoms with van der Waals surface area (Å²) in [5, 5.41) is 1.72. The molecule has 0 amide bonds. The Bertz CT molecular complexity index is 2130. The van der Waals surface area contributed by atoms with Crippen molar-refractivity contribution in [1.82, 2.24) is 15.0 Å². The van der Waals surface area contributed by atoms with Gasteiger partial charge in [0.05, 0.1) is 11.3 Å². The third-order valence-electron chi connectivity index (χ3n) is 7.38. The van der Waals surface area contributed by atoms with E-state index in [0.29, 0.717) is 28.1 Å². The van der Waals surface area contributed by atoms with Crippen LogP contribution in [0, 0.1) is 32.8 Å². The van der Waals surface area contributed by atoms with Crippen LogP contribution in [0.25, 0.3) is 55.8 Å². The van der Waals surface area contributed by atoms with Gasteiger partial charge in [-0.3, -0.25) is 0 Å². The minimum absolute atomic E-state index is 0. The number of nitrogens with zero attached hydrogens (tertiary/aromatic N) is 3. The van der Waals surface area contributed by atoms with Gasteiger partial charge >= 0.3 is 0 Å². The Kier molecular flexibility index (Phi) is 7.96. The van der Waals surface area contributed by atoms with Crippen molar-refractivity contribution in [2.45, 2.75) is 40.4 Å². The summed E-state index contributed by atoms with van der Waals surface area (Å²) in [5.74, 6) is -1.10. The molecule has 0 spiro atoms. The summed E-state index contributed by atoms with van der Waals surface area (Å²) in [4.78, 5) is 13.6. The van der Waals surface area contributed by atoms with Crippen LogP contribution in [0.3, 0.4) is 0 Å². The van der Waals surface area contributed by atoms with Crippen LogP contribution in [0.2, 0.25) is 0 Å². The third-order valence-corrected chi connectivity index (χ3v) is 7.38. The normalized spacial score (nSPS) is 12.7. The molecule has 4 aromatic heterocycles. The molecule has 0 bridgehead atoms. The van der Waals surface area contributed by atoms with Crippen molar-refractivity contribution < 1.29 is 30.0 Å². The van der Waals surface area contributed by atoms with Crippen molar-refractivity contribution >= 4 is 22.1 Å². The van der Waals surface area contributed by atoms with E-state index >= 15 is 0 Å². The van der Waals surface area contributed by atoms with Crippen molar-refractivity contribution in [2.24, 2.45) is 0 Å². The van der Waals surface area contributed by atoms with Crippen molar-refractivity contribution in [1.29, 1.82) is 0 Å². The van der Waals surface area contributed by atoms with Gasteiger partial charge in [-0.25, -0.2) is 4.98 Å². The second-order valence-corrected chi connectivity index (χ2v) is 10.6. The van der Waals surface area contributed by atoms with Gasteiger partial charge in [0.1, 0.15) is 0 Å². The van der Waals surface area contributed by atoms with E-state index in [9.17, 15) is 0 Å². The summed E-state index contributed by atoms with van der Waals surface area (Å²) < 4.78 is 38.7. The zero-order valence-corrected chi connectivity index (χ0v) is 27.3. The number of benzene rings is 3. The van der Waals surface area contributed by atoms with Gasteiger partial charge in [-0.05, 0) is 72.9 Å². The molecule has 221 valence electrons. The fourth-order valence-electron chi connectivity index (χ4n) is 5.24. The average Bonchev–Trinajstić information content (AvgIpc) is 3.43. The maximum Gasteiger partial charge on any atom is 0.216 e. The van der Waals surface area contributed by atoms with Gasteiger partial charge in [0.15, 0.2) is 0 Å². The monoisotopic (exact) mass is 756 g/mol. The van der Waals surface area contributed by atoms with Crippen LogP contribution >= 0.6 is 0 Å². The van der Waals surface area contributed by atoms with Crippen LogP contribution in [-0.2, 0) is 20.1 Å². The first-order chi connectivity index (χ1) is 22.4. The minimum Gasteiger partial charge on any atom is -0.486 e. The molecule has 0 aliphatic rings. The molecule has 0 aliphatic heterocycles. The number of hydrogen-bond donors (Lipinski definition) is 0. The predicted molar refractivity (Wildman–Crippen MR) is 176 cm³/mol. The SMILES string of the molecule is [2H]C([2H])([2H])c1cc(-c2[c-]ccc3c2oc2nc(-c4c(C)cccc4C)ccc23)ncc1C([2H])(C)C.[Ir].[c-]1ccccc1-c1ccccn1. The maximum absolute atomic E-state index is 8.37. The molecule has 0 fully saturated rings. The van der Waals surface area contributed by atoms with Crippen LogP contribution in [0.5, 0.6) is 0 Å². The van der Waals surface area contributed by atoms with E-state index in [-0.39, 0.29) is 25.7 Å². The van der Waals surface area contributed by atoms with Gasteiger partial charge in [0.25, 0.3) is 0 Å². The van der Waals surface area contributed by atoms with E-state index in [1.807, 2.05) is 66.7 Å². The van der Waals surface area contributed by atoms with Crippen LogP contribution in [0.1, 0.15) is 47.5 Å². The molecule has 44 heavy (non-hydrogen) atoms. The number of fused-ring (bicyclic) bond motifs is 3. The summed E-state index contributed by atoms with van der Waals surface area (Å²) in [6.07, 6.45) is 3.27. The smallest absolute Gasteiger partial charge is 0.216 e. The first-order valence-corrected chi connectivity index (χ1v) is 14.1. The minimum atomic E-state index is -2.38. The molecule has 0 saturated carbocycles. The largest absolute Gasteiger partial charge is 0.486 e. The topological polar surface area (TPSA) is 51.8 Å². The zero-order chi connectivity index (χ0) is 33.3. The molecule has 5 heteroatoms. The molecular weight excluding hydrogens is 719 g/mol. The van der Waals surface area contributed by atoms with E-state index < -0.39 is 12.7 Å². The quantitative estimate of drug-likeness (QED) is 0.168. The van der Waals surface area contributed by atoms with Crippen LogP contribution in [0.15, 0.2) is 108 Å². The molecule has 4 nitrogen and oxygen atoms in total. The van der Waals surface area contributed by atoms with Crippen LogP contribution in [0.4, 0.5) is 0 Å². The van der Waals surface area contributed by atoms with Gasteiger partial charge < -0.3 is 14.4 Å². The fourth-order valence-corrected chi connectivity index (χ4v) is 5.24. The maximum atomic E-state index is 8.37. The second-order valence-electron chi connectivity index (χ2n) is 10.6. The Morgan fingerprint density at radius 2 is 1.59 bits per heavy atom. The zero-order valence-electron chi connectivity index (χ0n) is 28.9. The Hall–Kier alpha value is -4.44. The van der Waals surface area contributed by atoms with Crippen molar-refractivity contribution in [3.63, 3.8) is 0 Å². The molecule has 7 aromatic rings. The molecule has 7 rings (SSSR count). The van der Waals surface area contributed by atoms with E-state index in [0.717, 1.165) is 44.4 Å². The Labute approximate surface area is 278 Å². The number of hydrogen-bond acceptors (Lipinski definition) is 4. The second kappa shape index (κ2) is 13.5. The molecule has 0 aliphatic carbocycles. The molecule has 0 saturated heterocycles. The molecule has 3 aromatic carbocycles. The molecule has 1 radical (unpaired) electrons. The predicted octanol–water partition coefficient (Wildman–Crippen LogP) is 10.1. The Morgan fingerprint density at radius 1 is 0.773 bits per heavy atom. The summed E-state index contributed by atoms with van der Waals surface area (Å²) >= 11 is 0. The molecule has 0 N–H and O–H groups in total. The van der Waals surface area contributed by atoms with Gasteiger partial charge in [0, 0.05) is 48.9 Å². The first-order valence-electron chi connectivity index (χ1n) is 16.1. The average molecular weight is 756 g/mol. The van der Waals surface area contributed by atoms with Crippen molar-refractivity contribution in [3.05, 3.63) is 138 Å². The van der Waals surface area contributed by atoms with E-state index in [1.165, 1.54) is 12.3 Å². The standard InChI is InChI=1S/C28H25N2O.C11H8N.Ir/c1-16(2)23-15-29-25(14-19(23)5)22-11-7-10-20-21-12-13-24(30-28(21)31-27(20)22)26-17(3)8-6-9-18(26)4;1-2-6-10(7-3-1)11-8-4-5-9-12-11;/h6-10,12-16H,1-5H3;1-6,8-9H;/q2*-1;/i5D3,16D;;. The number of aromatic nitrogens is 3. The summed E-state index contributed by atoms with van der Waals surface area (Å²) in [6, 6.07) is 35.4. The van der Waals surface area contributed by atoms with E-state index in [4.69, 9.17) is 14.9 Å². The number of furan rings is 1. The molecule has 0 unspecified atom stereocenters. The summed E-state index contributed by atoms with van der Waals surface area (Å²) in [5.41, 5.74) is 8.74. The van der Waals surface area contributed by atoms with Crippen molar-refractivity contribution in [2.75, 3.05) is 0 Å². The fraction of sp³-hybridized carbons (Fsp3) is 0.154. The van der Waals surface area contributed by atoms with Gasteiger partial charge in [-0.1, -0.05) is 66.8 Å². The molecule has 4 heterocycles.